The Morgan fingerprint density at radius 3 is 2.81 bits per heavy atom. The Morgan fingerprint density at radius 1 is 1.25 bits per heavy atom. The van der Waals surface area contributed by atoms with E-state index in [1.54, 1.807) is 18.2 Å². The van der Waals surface area contributed by atoms with E-state index in [0.717, 1.165) is 25.1 Å². The Morgan fingerprint density at radius 2 is 2.03 bits per heavy atom. The average Bonchev–Trinajstić information content (AvgIpc) is 3.19. The first-order valence-electron chi connectivity index (χ1n) is 10.5. The number of carbonyl (C=O) groups excluding carboxylic acids is 1. The van der Waals surface area contributed by atoms with Crippen molar-refractivity contribution in [3.05, 3.63) is 77.6 Å². The fourth-order valence-electron chi connectivity index (χ4n) is 3.69. The van der Waals surface area contributed by atoms with Gasteiger partial charge in [0.05, 0.1) is 5.25 Å². The lowest BCUT2D eigenvalue weighted by Crippen LogP contribution is -2.40. The first-order valence-corrected chi connectivity index (χ1v) is 11.8. The summed E-state index contributed by atoms with van der Waals surface area (Å²) in [5.41, 5.74) is 2.24. The van der Waals surface area contributed by atoms with Crippen molar-refractivity contribution in [3.63, 3.8) is 0 Å². The maximum Gasteiger partial charge on any atom is 0.240 e. The molecule has 1 aromatic heterocycles. The number of ether oxygens (including phenoxy) is 1. The predicted octanol–water partition coefficient (Wildman–Crippen LogP) is 5.16. The van der Waals surface area contributed by atoms with E-state index in [0.29, 0.717) is 28.3 Å². The quantitative estimate of drug-likeness (QED) is 0.337. The van der Waals surface area contributed by atoms with Gasteiger partial charge in [0.2, 0.25) is 5.91 Å². The Kier molecular flexibility index (Phi) is 7.17. The summed E-state index contributed by atoms with van der Waals surface area (Å²) in [6, 6.07) is 15.3. The number of halogens is 1. The van der Waals surface area contributed by atoms with Crippen molar-refractivity contribution in [3.8, 4) is 5.75 Å². The van der Waals surface area contributed by atoms with Crippen molar-refractivity contribution >= 4 is 35.0 Å². The number of aryl methyl sites for hydroxylation is 1. The first-order chi connectivity index (χ1) is 15.6. The van der Waals surface area contributed by atoms with Crippen LogP contribution in [0.1, 0.15) is 24.7 Å². The van der Waals surface area contributed by atoms with Gasteiger partial charge in [-0.2, -0.15) is 0 Å². The number of hydrogen-bond donors (Lipinski definition) is 0. The van der Waals surface area contributed by atoms with E-state index in [9.17, 15) is 4.79 Å². The normalized spacial score (nSPS) is 14.0. The zero-order chi connectivity index (χ0) is 22.5. The molecule has 1 atom stereocenters. The van der Waals surface area contributed by atoms with Gasteiger partial charge in [-0.15, -0.1) is 16.8 Å². The van der Waals surface area contributed by atoms with Gasteiger partial charge in [0.1, 0.15) is 12.4 Å². The molecule has 0 radical (unpaired) electrons. The van der Waals surface area contributed by atoms with Crippen LogP contribution in [0.5, 0.6) is 5.75 Å². The van der Waals surface area contributed by atoms with E-state index in [1.165, 1.54) is 17.3 Å². The van der Waals surface area contributed by atoms with Gasteiger partial charge < -0.3 is 9.64 Å². The van der Waals surface area contributed by atoms with Gasteiger partial charge in [-0.25, -0.2) is 0 Å². The Labute approximate surface area is 197 Å². The van der Waals surface area contributed by atoms with Crippen LogP contribution in [0.3, 0.4) is 0 Å². The van der Waals surface area contributed by atoms with Crippen molar-refractivity contribution in [2.45, 2.75) is 43.3 Å². The maximum absolute atomic E-state index is 13.3. The summed E-state index contributed by atoms with van der Waals surface area (Å²) in [5, 5.41) is 9.64. The molecule has 4 rings (SSSR count). The molecule has 6 nitrogen and oxygen atoms in total. The monoisotopic (exact) mass is 468 g/mol. The summed E-state index contributed by atoms with van der Waals surface area (Å²) in [6.45, 7) is 7.28. The molecule has 2 aromatic carbocycles. The molecule has 8 heteroatoms. The van der Waals surface area contributed by atoms with E-state index in [4.69, 9.17) is 16.3 Å². The SMILES string of the molecule is C=CCn1c(COc2ccc(Cl)cc2)nnc1SC(C)C(=O)N1CCCc2ccccc21. The number of amides is 1. The first kappa shape index (κ1) is 22.4. The number of anilines is 1. The van der Waals surface area contributed by atoms with Crippen molar-refractivity contribution in [1.82, 2.24) is 14.8 Å². The minimum absolute atomic E-state index is 0.0780. The molecular formula is C24H25ClN4O2S. The molecule has 166 valence electrons. The highest BCUT2D eigenvalue weighted by molar-refractivity contribution is 8.00. The largest absolute Gasteiger partial charge is 0.486 e. The molecule has 0 spiro atoms. The van der Waals surface area contributed by atoms with Crippen LogP contribution in [0.4, 0.5) is 5.69 Å². The van der Waals surface area contributed by atoms with Crippen LogP contribution >= 0.6 is 23.4 Å². The number of aromatic nitrogens is 3. The minimum Gasteiger partial charge on any atom is -0.486 e. The van der Waals surface area contributed by atoms with Gasteiger partial charge in [0, 0.05) is 23.8 Å². The van der Waals surface area contributed by atoms with Crippen LogP contribution < -0.4 is 9.64 Å². The topological polar surface area (TPSA) is 60.2 Å². The summed E-state index contributed by atoms with van der Waals surface area (Å²) in [5.74, 6) is 1.45. The molecule has 0 saturated carbocycles. The predicted molar refractivity (Wildman–Crippen MR) is 128 cm³/mol. The summed E-state index contributed by atoms with van der Waals surface area (Å²) < 4.78 is 7.77. The smallest absolute Gasteiger partial charge is 0.240 e. The number of rotatable bonds is 8. The fraction of sp³-hybridized carbons (Fsp3) is 0.292. The lowest BCUT2D eigenvalue weighted by atomic mass is 10.0. The highest BCUT2D eigenvalue weighted by Gasteiger charge is 2.28. The van der Waals surface area contributed by atoms with Crippen molar-refractivity contribution < 1.29 is 9.53 Å². The molecule has 2 heterocycles. The van der Waals surface area contributed by atoms with Crippen LogP contribution in [0, 0.1) is 0 Å². The molecule has 1 amide bonds. The average molecular weight is 469 g/mol. The number of allylic oxidation sites excluding steroid dienone is 1. The van der Waals surface area contributed by atoms with E-state index in [1.807, 2.05) is 46.7 Å². The third-order valence-electron chi connectivity index (χ3n) is 5.29. The Hall–Kier alpha value is -2.77. The molecule has 1 unspecified atom stereocenters. The van der Waals surface area contributed by atoms with Crippen LogP contribution in [0.15, 0.2) is 66.3 Å². The van der Waals surface area contributed by atoms with Crippen molar-refractivity contribution in [2.75, 3.05) is 11.4 Å². The Bertz CT molecular complexity index is 1100. The summed E-state index contributed by atoms with van der Waals surface area (Å²) in [6.07, 6.45) is 3.76. The number of para-hydroxylation sites is 1. The molecule has 0 bridgehead atoms. The Balaban J connectivity index is 1.47. The molecule has 1 aliphatic rings. The summed E-state index contributed by atoms with van der Waals surface area (Å²) >= 11 is 7.34. The second kappa shape index (κ2) is 10.2. The van der Waals surface area contributed by atoms with Gasteiger partial charge in [-0.05, 0) is 55.7 Å². The highest BCUT2D eigenvalue weighted by Crippen LogP contribution is 2.31. The fourth-order valence-corrected chi connectivity index (χ4v) is 4.76. The van der Waals surface area contributed by atoms with E-state index < -0.39 is 0 Å². The van der Waals surface area contributed by atoms with Crippen LogP contribution in [0.2, 0.25) is 5.02 Å². The number of carbonyl (C=O) groups is 1. The van der Waals surface area contributed by atoms with Crippen LogP contribution in [0.25, 0.3) is 0 Å². The van der Waals surface area contributed by atoms with E-state index >= 15 is 0 Å². The van der Waals surface area contributed by atoms with Crippen molar-refractivity contribution in [2.24, 2.45) is 0 Å². The van der Waals surface area contributed by atoms with E-state index in [2.05, 4.69) is 22.8 Å². The lowest BCUT2D eigenvalue weighted by molar-refractivity contribution is -0.117. The standard InChI is InChI=1S/C24H25ClN4O2S/c1-3-14-29-22(16-31-20-12-10-19(25)11-13-20)26-27-24(29)32-17(2)23(30)28-15-6-8-18-7-4-5-9-21(18)28/h3-5,7,9-13,17H,1,6,8,14-16H2,2H3. The third kappa shape index (κ3) is 5.00. The maximum atomic E-state index is 13.3. The second-order valence-electron chi connectivity index (χ2n) is 7.52. The number of nitrogens with zero attached hydrogens (tertiary/aromatic N) is 4. The summed E-state index contributed by atoms with van der Waals surface area (Å²) in [4.78, 5) is 15.2. The van der Waals surface area contributed by atoms with Gasteiger partial charge in [-0.3, -0.25) is 9.36 Å². The van der Waals surface area contributed by atoms with E-state index in [-0.39, 0.29) is 17.8 Å². The highest BCUT2D eigenvalue weighted by atomic mass is 35.5. The molecule has 1 aliphatic heterocycles. The second-order valence-corrected chi connectivity index (χ2v) is 9.27. The number of thioether (sulfide) groups is 1. The number of fused-ring (bicyclic) bond motifs is 1. The molecule has 32 heavy (non-hydrogen) atoms. The van der Waals surface area contributed by atoms with Gasteiger partial charge in [0.15, 0.2) is 11.0 Å². The van der Waals surface area contributed by atoms with Gasteiger partial charge in [0.25, 0.3) is 0 Å². The molecular weight excluding hydrogens is 444 g/mol. The molecule has 0 aliphatic carbocycles. The van der Waals surface area contributed by atoms with Gasteiger partial charge >= 0.3 is 0 Å². The van der Waals surface area contributed by atoms with Crippen LogP contribution in [-0.2, 0) is 24.4 Å². The number of hydrogen-bond acceptors (Lipinski definition) is 5. The van der Waals surface area contributed by atoms with Crippen LogP contribution in [-0.4, -0.2) is 32.5 Å². The van der Waals surface area contributed by atoms with Gasteiger partial charge in [-0.1, -0.05) is 47.6 Å². The minimum atomic E-state index is -0.307. The zero-order valence-electron chi connectivity index (χ0n) is 17.9. The summed E-state index contributed by atoms with van der Waals surface area (Å²) in [7, 11) is 0. The molecule has 0 N–H and O–H groups in total. The number of benzene rings is 2. The molecule has 0 saturated heterocycles. The lowest BCUT2D eigenvalue weighted by Gasteiger charge is -2.31. The molecule has 3 aromatic rings. The third-order valence-corrected chi connectivity index (χ3v) is 6.61. The zero-order valence-corrected chi connectivity index (χ0v) is 19.5. The van der Waals surface area contributed by atoms with Crippen molar-refractivity contribution in [1.29, 1.82) is 0 Å². The molecule has 0 fully saturated rings.